The van der Waals surface area contributed by atoms with Crippen molar-refractivity contribution in [3.63, 3.8) is 0 Å². The Balaban J connectivity index is 1.80. The molecule has 0 fully saturated rings. The van der Waals surface area contributed by atoms with Crippen LogP contribution in [0.3, 0.4) is 0 Å². The van der Waals surface area contributed by atoms with E-state index >= 15 is 0 Å². The van der Waals surface area contributed by atoms with E-state index in [9.17, 15) is 9.59 Å². The lowest BCUT2D eigenvalue weighted by Gasteiger charge is -2.13. The molecule has 1 N–H and O–H groups in total. The third kappa shape index (κ3) is 3.31. The molecule has 1 atom stereocenters. The summed E-state index contributed by atoms with van der Waals surface area (Å²) in [6, 6.07) is 5.16. The van der Waals surface area contributed by atoms with Crippen molar-refractivity contribution in [1.82, 2.24) is 14.5 Å². The first-order valence-corrected chi connectivity index (χ1v) is 9.13. The van der Waals surface area contributed by atoms with Crippen molar-refractivity contribution >= 4 is 56.5 Å². The molecule has 1 amide bonds. The number of aromatic nitrogens is 3. The minimum Gasteiger partial charge on any atom is -0.322 e. The number of nitrogens with zero attached hydrogens (tertiary/aromatic N) is 3. The number of rotatable bonds is 4. The maximum atomic E-state index is 12.3. The van der Waals surface area contributed by atoms with Crippen LogP contribution in [0.5, 0.6) is 0 Å². The van der Waals surface area contributed by atoms with Gasteiger partial charge < -0.3 is 5.32 Å². The van der Waals surface area contributed by atoms with Crippen LogP contribution in [0.2, 0.25) is 5.15 Å². The number of carbonyl (C=O) groups is 1. The van der Waals surface area contributed by atoms with E-state index in [1.807, 2.05) is 5.38 Å². The van der Waals surface area contributed by atoms with Gasteiger partial charge in [-0.1, -0.05) is 23.4 Å². The number of carbonyl (C=O) groups excluding carboxylic acids is 1. The predicted molar refractivity (Wildman–Crippen MR) is 98.1 cm³/mol. The smallest absolute Gasteiger partial charge is 0.271 e. The number of hydrogen-bond donors (Lipinski definition) is 1. The number of hydrogen-bond acceptors (Lipinski definition) is 6. The fourth-order valence-corrected chi connectivity index (χ4v) is 3.84. The number of nitrogens with one attached hydrogen (secondary N) is 1. The van der Waals surface area contributed by atoms with E-state index in [-0.39, 0.29) is 16.6 Å². The zero-order valence-electron chi connectivity index (χ0n) is 12.8. The second kappa shape index (κ2) is 6.92. The second-order valence-electron chi connectivity index (χ2n) is 4.98. The summed E-state index contributed by atoms with van der Waals surface area (Å²) in [4.78, 5) is 33.0. The first-order valence-electron chi connectivity index (χ1n) is 6.99. The molecule has 24 heavy (non-hydrogen) atoms. The third-order valence-corrected chi connectivity index (χ3v) is 5.65. The number of amides is 1. The van der Waals surface area contributed by atoms with Gasteiger partial charge in [0, 0.05) is 13.2 Å². The quantitative estimate of drug-likeness (QED) is 0.427. The van der Waals surface area contributed by atoms with Crippen molar-refractivity contribution in [2.75, 3.05) is 5.32 Å². The fourth-order valence-electron chi connectivity index (χ4n) is 2.00. The number of thiophene rings is 1. The minimum absolute atomic E-state index is 0.111. The SMILES string of the molecule is CC(Sc1nc2ccsc2c(=O)n1C)C(=O)Nc1cccnc1Cl. The molecule has 0 saturated heterocycles. The van der Waals surface area contributed by atoms with Gasteiger partial charge in [0.15, 0.2) is 10.3 Å². The number of pyridine rings is 1. The van der Waals surface area contributed by atoms with E-state index in [1.165, 1.54) is 27.7 Å². The van der Waals surface area contributed by atoms with E-state index in [1.54, 1.807) is 38.4 Å². The molecule has 9 heteroatoms. The van der Waals surface area contributed by atoms with Crippen molar-refractivity contribution < 1.29 is 4.79 Å². The van der Waals surface area contributed by atoms with E-state index in [2.05, 4.69) is 15.3 Å². The molecule has 0 radical (unpaired) electrons. The molecule has 0 spiro atoms. The highest BCUT2D eigenvalue weighted by atomic mass is 35.5. The maximum absolute atomic E-state index is 12.3. The molecule has 0 aliphatic rings. The normalized spacial score (nSPS) is 12.3. The van der Waals surface area contributed by atoms with Gasteiger partial charge in [-0.25, -0.2) is 9.97 Å². The van der Waals surface area contributed by atoms with Crippen molar-refractivity contribution in [2.24, 2.45) is 7.05 Å². The molecule has 6 nitrogen and oxygen atoms in total. The van der Waals surface area contributed by atoms with Gasteiger partial charge >= 0.3 is 0 Å². The van der Waals surface area contributed by atoms with Crippen molar-refractivity contribution in [2.45, 2.75) is 17.3 Å². The highest BCUT2D eigenvalue weighted by Gasteiger charge is 2.19. The number of halogens is 1. The third-order valence-electron chi connectivity index (χ3n) is 3.31. The Kier molecular flexibility index (Phi) is 4.88. The topological polar surface area (TPSA) is 76.9 Å². The van der Waals surface area contributed by atoms with Gasteiger partial charge in [-0.15, -0.1) is 11.3 Å². The van der Waals surface area contributed by atoms with Gasteiger partial charge in [0.1, 0.15) is 4.70 Å². The molecule has 3 rings (SSSR count). The van der Waals surface area contributed by atoms with Crippen LogP contribution in [0.1, 0.15) is 6.92 Å². The molecule has 3 heterocycles. The molecule has 3 aromatic rings. The fraction of sp³-hybridized carbons (Fsp3) is 0.200. The second-order valence-corrected chi connectivity index (χ2v) is 7.57. The maximum Gasteiger partial charge on any atom is 0.271 e. The van der Waals surface area contributed by atoms with Crippen LogP contribution in [-0.2, 0) is 11.8 Å². The summed E-state index contributed by atoms with van der Waals surface area (Å²) in [6.45, 7) is 1.74. The standard InChI is InChI=1S/C15H13ClN4O2S2/c1-8(13(21)18-10-4-3-6-17-12(10)16)24-15-19-9-5-7-23-11(9)14(22)20(15)2/h3-8H,1-2H3,(H,18,21). The van der Waals surface area contributed by atoms with Crippen LogP contribution in [-0.4, -0.2) is 25.7 Å². The summed E-state index contributed by atoms with van der Waals surface area (Å²) >= 11 is 8.52. The average molecular weight is 381 g/mol. The molecule has 0 aromatic carbocycles. The van der Waals surface area contributed by atoms with Crippen molar-refractivity contribution in [3.05, 3.63) is 45.3 Å². The summed E-state index contributed by atoms with van der Waals surface area (Å²) in [5.41, 5.74) is 0.987. The van der Waals surface area contributed by atoms with Crippen LogP contribution in [0.15, 0.2) is 39.7 Å². The average Bonchev–Trinajstić information content (AvgIpc) is 3.03. The summed E-state index contributed by atoms with van der Waals surface area (Å²) < 4.78 is 2.07. The molecule has 124 valence electrons. The first kappa shape index (κ1) is 16.9. The molecule has 0 saturated carbocycles. The van der Waals surface area contributed by atoms with Crippen LogP contribution < -0.4 is 10.9 Å². The van der Waals surface area contributed by atoms with E-state index in [0.717, 1.165) is 0 Å². The molecular formula is C15H13ClN4O2S2. The van der Waals surface area contributed by atoms with Gasteiger partial charge in [-0.3, -0.25) is 14.2 Å². The monoisotopic (exact) mass is 380 g/mol. The molecular weight excluding hydrogens is 368 g/mol. The highest BCUT2D eigenvalue weighted by Crippen LogP contribution is 2.25. The van der Waals surface area contributed by atoms with E-state index < -0.39 is 5.25 Å². The Morgan fingerprint density at radius 1 is 1.46 bits per heavy atom. The van der Waals surface area contributed by atoms with Gasteiger partial charge in [0.25, 0.3) is 5.56 Å². The first-order chi connectivity index (χ1) is 11.5. The Morgan fingerprint density at radius 2 is 2.25 bits per heavy atom. The summed E-state index contributed by atoms with van der Waals surface area (Å²) in [6.07, 6.45) is 1.55. The van der Waals surface area contributed by atoms with Gasteiger partial charge in [-0.05, 0) is 30.5 Å². The summed E-state index contributed by atoms with van der Waals surface area (Å²) in [7, 11) is 1.65. The number of anilines is 1. The minimum atomic E-state index is -0.463. The Bertz CT molecular complexity index is 970. The molecule has 0 bridgehead atoms. The molecule has 0 aliphatic heterocycles. The van der Waals surface area contributed by atoms with Crippen LogP contribution in [0, 0.1) is 0 Å². The zero-order chi connectivity index (χ0) is 17.3. The van der Waals surface area contributed by atoms with Crippen molar-refractivity contribution in [3.8, 4) is 0 Å². The lowest BCUT2D eigenvalue weighted by Crippen LogP contribution is -2.25. The van der Waals surface area contributed by atoms with Crippen LogP contribution >= 0.6 is 34.7 Å². The molecule has 0 aliphatic carbocycles. The Hall–Kier alpha value is -1.90. The van der Waals surface area contributed by atoms with E-state index in [4.69, 9.17) is 11.6 Å². The van der Waals surface area contributed by atoms with Gasteiger partial charge in [-0.2, -0.15) is 0 Å². The lowest BCUT2D eigenvalue weighted by atomic mass is 10.4. The van der Waals surface area contributed by atoms with Crippen molar-refractivity contribution in [1.29, 1.82) is 0 Å². The zero-order valence-corrected chi connectivity index (χ0v) is 15.2. The Morgan fingerprint density at radius 3 is 3.00 bits per heavy atom. The van der Waals surface area contributed by atoms with Crippen LogP contribution in [0.4, 0.5) is 5.69 Å². The Labute approximate surface area is 150 Å². The number of fused-ring (bicyclic) bond motifs is 1. The molecule has 1 unspecified atom stereocenters. The largest absolute Gasteiger partial charge is 0.322 e. The highest BCUT2D eigenvalue weighted by molar-refractivity contribution is 8.00. The lowest BCUT2D eigenvalue weighted by molar-refractivity contribution is -0.115. The van der Waals surface area contributed by atoms with E-state index in [0.29, 0.717) is 21.1 Å². The summed E-state index contributed by atoms with van der Waals surface area (Å²) in [5, 5.41) is 4.82. The number of thioether (sulfide) groups is 1. The van der Waals surface area contributed by atoms with Gasteiger partial charge in [0.2, 0.25) is 5.91 Å². The predicted octanol–water partition coefficient (Wildman–Crippen LogP) is 3.16. The van der Waals surface area contributed by atoms with Crippen LogP contribution in [0.25, 0.3) is 10.2 Å². The molecule has 3 aromatic heterocycles. The summed E-state index contributed by atoms with van der Waals surface area (Å²) in [5.74, 6) is -0.241. The van der Waals surface area contributed by atoms with Gasteiger partial charge in [0.05, 0.1) is 16.5 Å².